The summed E-state index contributed by atoms with van der Waals surface area (Å²) in [4.78, 5) is 19.7. The zero-order valence-corrected chi connectivity index (χ0v) is 17.1. The van der Waals surface area contributed by atoms with E-state index in [2.05, 4.69) is 9.97 Å². The third kappa shape index (κ3) is 3.75. The van der Waals surface area contributed by atoms with Crippen LogP contribution in [0, 0.1) is 15.6 Å². The van der Waals surface area contributed by atoms with E-state index in [0.29, 0.717) is 35.8 Å². The number of thiazole rings is 1. The Bertz CT molecular complexity index is 1300. The predicted molar refractivity (Wildman–Crippen MR) is 111 cm³/mol. The SMILES string of the molecule is O=c1[nH]c(SCc2ccc(F)c(F)c2)nc2c1sc(=S)n2-c1ccc(Cl)cc1. The van der Waals surface area contributed by atoms with E-state index in [1.807, 2.05) is 0 Å². The van der Waals surface area contributed by atoms with Crippen LogP contribution in [0.5, 0.6) is 0 Å². The lowest BCUT2D eigenvalue weighted by molar-refractivity contribution is 0.507. The third-order valence-corrected chi connectivity index (χ3v) is 6.42. The zero-order valence-electron chi connectivity index (χ0n) is 13.9. The maximum atomic E-state index is 13.4. The highest BCUT2D eigenvalue weighted by atomic mass is 35.5. The molecule has 4 nitrogen and oxygen atoms in total. The minimum absolute atomic E-state index is 0.304. The van der Waals surface area contributed by atoms with E-state index in [9.17, 15) is 13.6 Å². The first-order valence-electron chi connectivity index (χ1n) is 7.91. The molecule has 0 saturated carbocycles. The number of benzene rings is 2. The molecular weight excluding hydrogens is 444 g/mol. The van der Waals surface area contributed by atoms with E-state index in [1.54, 1.807) is 28.8 Å². The van der Waals surface area contributed by atoms with Crippen LogP contribution in [-0.2, 0) is 5.75 Å². The van der Waals surface area contributed by atoms with Crippen molar-refractivity contribution in [1.29, 1.82) is 0 Å². The molecule has 0 fully saturated rings. The van der Waals surface area contributed by atoms with Gasteiger partial charge in [0, 0.05) is 16.5 Å². The summed E-state index contributed by atoms with van der Waals surface area (Å²) in [6.45, 7) is 0. The fourth-order valence-electron chi connectivity index (χ4n) is 2.56. The van der Waals surface area contributed by atoms with E-state index in [0.717, 1.165) is 17.8 Å². The molecule has 0 aliphatic heterocycles. The van der Waals surface area contributed by atoms with Crippen LogP contribution in [0.3, 0.4) is 0 Å². The minimum atomic E-state index is -0.913. The van der Waals surface area contributed by atoms with Crippen molar-refractivity contribution in [3.05, 3.63) is 79.0 Å². The summed E-state index contributed by atoms with van der Waals surface area (Å²) in [5.41, 5.74) is 1.46. The summed E-state index contributed by atoms with van der Waals surface area (Å²) >= 11 is 13.7. The van der Waals surface area contributed by atoms with E-state index in [1.165, 1.54) is 29.2 Å². The second kappa shape index (κ2) is 7.75. The molecule has 10 heteroatoms. The smallest absolute Gasteiger partial charge is 0.271 e. The Hall–Kier alpha value is -2.07. The largest absolute Gasteiger partial charge is 0.300 e. The average molecular weight is 454 g/mol. The molecule has 0 atom stereocenters. The number of fused-ring (bicyclic) bond motifs is 1. The molecule has 0 unspecified atom stereocenters. The summed E-state index contributed by atoms with van der Waals surface area (Å²) in [6, 6.07) is 10.7. The summed E-state index contributed by atoms with van der Waals surface area (Å²) in [5.74, 6) is -1.50. The number of aromatic nitrogens is 3. The standard InChI is InChI=1S/C18H10ClF2N3OS3/c19-10-2-4-11(5-3-10)24-15-14(28-18(24)26)16(25)23-17(22-15)27-8-9-1-6-12(20)13(21)7-9/h1-7H,8H2,(H,22,23,25). The highest BCUT2D eigenvalue weighted by molar-refractivity contribution is 7.98. The van der Waals surface area contributed by atoms with E-state index in [4.69, 9.17) is 23.8 Å². The predicted octanol–water partition coefficient (Wildman–Crippen LogP) is 5.73. The Labute approximate surface area is 175 Å². The molecule has 142 valence electrons. The molecule has 4 rings (SSSR count). The lowest BCUT2D eigenvalue weighted by atomic mass is 10.2. The molecule has 28 heavy (non-hydrogen) atoms. The number of nitrogens with one attached hydrogen (secondary N) is 1. The molecular formula is C18H10ClF2N3OS3. The fraction of sp³-hybridized carbons (Fsp3) is 0.0556. The van der Waals surface area contributed by atoms with Crippen molar-refractivity contribution in [2.24, 2.45) is 0 Å². The van der Waals surface area contributed by atoms with Crippen LogP contribution in [0.1, 0.15) is 5.56 Å². The normalized spacial score (nSPS) is 11.2. The molecule has 0 aliphatic carbocycles. The molecule has 1 N–H and O–H groups in total. The molecule has 0 saturated heterocycles. The first-order chi connectivity index (χ1) is 13.4. The number of H-pyrrole nitrogens is 1. The first kappa shape index (κ1) is 19.3. The van der Waals surface area contributed by atoms with Gasteiger partial charge in [-0.05, 0) is 54.2 Å². The van der Waals surface area contributed by atoms with Crippen molar-refractivity contribution in [2.45, 2.75) is 10.9 Å². The van der Waals surface area contributed by atoms with Gasteiger partial charge in [0.25, 0.3) is 5.56 Å². The monoisotopic (exact) mass is 453 g/mol. The van der Waals surface area contributed by atoms with Gasteiger partial charge in [0.2, 0.25) is 0 Å². The highest BCUT2D eigenvalue weighted by Gasteiger charge is 2.14. The molecule has 4 aromatic rings. The molecule has 2 aromatic heterocycles. The van der Waals surface area contributed by atoms with Crippen molar-refractivity contribution in [3.63, 3.8) is 0 Å². The number of thioether (sulfide) groups is 1. The molecule has 0 amide bonds. The maximum Gasteiger partial charge on any atom is 0.271 e. The van der Waals surface area contributed by atoms with Crippen LogP contribution in [0.4, 0.5) is 8.78 Å². The van der Waals surface area contributed by atoms with Crippen molar-refractivity contribution in [1.82, 2.24) is 14.5 Å². The third-order valence-electron chi connectivity index (χ3n) is 3.87. The molecule has 0 radical (unpaired) electrons. The molecule has 0 aliphatic rings. The fourth-order valence-corrected chi connectivity index (χ4v) is 4.76. The number of hydrogen-bond acceptors (Lipinski definition) is 5. The van der Waals surface area contributed by atoms with Gasteiger partial charge in [-0.15, -0.1) is 0 Å². The zero-order chi connectivity index (χ0) is 19.8. The quantitative estimate of drug-likeness (QED) is 0.243. The Morgan fingerprint density at radius 3 is 2.64 bits per heavy atom. The van der Waals surface area contributed by atoms with Crippen molar-refractivity contribution in [3.8, 4) is 5.69 Å². The molecule has 2 heterocycles. The average Bonchev–Trinajstić information content (AvgIpc) is 3.00. The van der Waals surface area contributed by atoms with Gasteiger partial charge in [0.15, 0.2) is 26.4 Å². The Morgan fingerprint density at radius 2 is 1.93 bits per heavy atom. The Kier molecular flexibility index (Phi) is 5.33. The highest BCUT2D eigenvalue weighted by Crippen LogP contribution is 2.26. The van der Waals surface area contributed by atoms with Gasteiger partial charge >= 0.3 is 0 Å². The van der Waals surface area contributed by atoms with Crippen molar-refractivity contribution in [2.75, 3.05) is 0 Å². The van der Waals surface area contributed by atoms with Crippen molar-refractivity contribution >= 4 is 57.3 Å². The number of nitrogens with zero attached hydrogens (tertiary/aromatic N) is 2. The van der Waals surface area contributed by atoms with Crippen LogP contribution in [0.25, 0.3) is 16.0 Å². The van der Waals surface area contributed by atoms with Gasteiger partial charge < -0.3 is 4.98 Å². The second-order valence-electron chi connectivity index (χ2n) is 5.74. The minimum Gasteiger partial charge on any atom is -0.300 e. The summed E-state index contributed by atoms with van der Waals surface area (Å²) < 4.78 is 29.0. The lowest BCUT2D eigenvalue weighted by Gasteiger charge is -2.06. The number of halogens is 3. The number of aromatic amines is 1. The van der Waals surface area contributed by atoms with Gasteiger partial charge in [0.1, 0.15) is 4.70 Å². The molecule has 2 aromatic carbocycles. The van der Waals surface area contributed by atoms with Gasteiger partial charge in [-0.3, -0.25) is 9.36 Å². The van der Waals surface area contributed by atoms with Gasteiger partial charge in [-0.1, -0.05) is 40.8 Å². The van der Waals surface area contributed by atoms with E-state index >= 15 is 0 Å². The van der Waals surface area contributed by atoms with Crippen LogP contribution < -0.4 is 5.56 Å². The maximum absolute atomic E-state index is 13.4. The summed E-state index contributed by atoms with van der Waals surface area (Å²) in [7, 11) is 0. The number of rotatable bonds is 4. The van der Waals surface area contributed by atoms with Crippen LogP contribution >= 0.6 is 46.9 Å². The Balaban J connectivity index is 1.73. The topological polar surface area (TPSA) is 50.7 Å². The van der Waals surface area contributed by atoms with Crippen LogP contribution in [0.2, 0.25) is 5.02 Å². The summed E-state index contributed by atoms with van der Waals surface area (Å²) in [6.07, 6.45) is 0. The number of hydrogen-bond donors (Lipinski definition) is 1. The summed E-state index contributed by atoms with van der Waals surface area (Å²) in [5, 5.41) is 0.945. The lowest BCUT2D eigenvalue weighted by Crippen LogP contribution is -2.09. The van der Waals surface area contributed by atoms with Gasteiger partial charge in [0.05, 0.1) is 0 Å². The second-order valence-corrected chi connectivity index (χ2v) is 8.79. The van der Waals surface area contributed by atoms with E-state index < -0.39 is 11.6 Å². The van der Waals surface area contributed by atoms with Crippen LogP contribution in [0.15, 0.2) is 52.4 Å². The van der Waals surface area contributed by atoms with Crippen LogP contribution in [-0.4, -0.2) is 14.5 Å². The molecule has 0 spiro atoms. The van der Waals surface area contributed by atoms with Crippen molar-refractivity contribution < 1.29 is 8.78 Å². The Morgan fingerprint density at radius 1 is 1.18 bits per heavy atom. The molecule has 0 bridgehead atoms. The van der Waals surface area contributed by atoms with Gasteiger partial charge in [-0.25, -0.2) is 13.8 Å². The van der Waals surface area contributed by atoms with Gasteiger partial charge in [-0.2, -0.15) is 0 Å². The first-order valence-corrected chi connectivity index (χ1v) is 10.5. The van der Waals surface area contributed by atoms with E-state index in [-0.39, 0.29) is 5.56 Å².